The molecule has 0 fully saturated rings. The molecule has 3 aromatic carbocycles. The summed E-state index contributed by atoms with van der Waals surface area (Å²) in [5.74, 6) is 1.30. The molecule has 0 aliphatic rings. The first kappa shape index (κ1) is 20.9. The molecule has 4 aromatic rings. The summed E-state index contributed by atoms with van der Waals surface area (Å²) >= 11 is 0. The first-order chi connectivity index (χ1) is 15.1. The Morgan fingerprint density at radius 3 is 1.58 bits per heavy atom. The van der Waals surface area contributed by atoms with E-state index in [1.807, 2.05) is 7.05 Å². The topological polar surface area (TPSA) is 55.6 Å². The lowest BCUT2D eigenvalue weighted by atomic mass is 9.76. The monoisotopic (exact) mass is 411 g/mol. The van der Waals surface area contributed by atoms with E-state index in [-0.39, 0.29) is 6.04 Å². The molecule has 0 aliphatic carbocycles. The van der Waals surface area contributed by atoms with Crippen LogP contribution in [0, 0.1) is 5.92 Å². The molecule has 4 rings (SSSR count). The Bertz CT molecular complexity index is 978. The van der Waals surface area contributed by atoms with Gasteiger partial charge in [-0.1, -0.05) is 105 Å². The summed E-state index contributed by atoms with van der Waals surface area (Å²) in [7, 11) is 1.90. The second-order valence-corrected chi connectivity index (χ2v) is 8.34. The van der Waals surface area contributed by atoms with Gasteiger partial charge in [-0.2, -0.15) is 0 Å². The van der Waals surface area contributed by atoms with Gasteiger partial charge in [0.05, 0.1) is 11.6 Å². The normalized spacial score (nSPS) is 12.8. The van der Waals surface area contributed by atoms with Crippen LogP contribution in [0.4, 0.5) is 0 Å². The van der Waals surface area contributed by atoms with Gasteiger partial charge in [0.2, 0.25) is 0 Å². The van der Waals surface area contributed by atoms with E-state index in [2.05, 4.69) is 126 Å². The molecule has 0 bridgehead atoms. The smallest absolute Gasteiger partial charge is 0.168 e. The van der Waals surface area contributed by atoms with E-state index in [0.29, 0.717) is 5.92 Å². The second-order valence-electron chi connectivity index (χ2n) is 8.34. The SMILES string of the molecule is CC(C)C[C@H](NC(c1ccccc1)(c1ccccc1)c1ccccc1)c1nnnn1C. The zero-order chi connectivity index (χ0) is 21.7. The van der Waals surface area contributed by atoms with Gasteiger partial charge in [0.1, 0.15) is 0 Å². The number of benzene rings is 3. The molecule has 1 heterocycles. The van der Waals surface area contributed by atoms with Gasteiger partial charge in [-0.25, -0.2) is 4.68 Å². The van der Waals surface area contributed by atoms with Crippen LogP contribution in [0.1, 0.15) is 48.8 Å². The fourth-order valence-corrected chi connectivity index (χ4v) is 4.31. The quantitative estimate of drug-likeness (QED) is 0.420. The van der Waals surface area contributed by atoms with Gasteiger partial charge >= 0.3 is 0 Å². The minimum Gasteiger partial charge on any atom is -0.290 e. The Morgan fingerprint density at radius 2 is 1.23 bits per heavy atom. The fraction of sp³-hybridized carbons (Fsp3) is 0.269. The molecule has 158 valence electrons. The van der Waals surface area contributed by atoms with Crippen molar-refractivity contribution in [1.82, 2.24) is 25.5 Å². The Hall–Kier alpha value is -3.31. The lowest BCUT2D eigenvalue weighted by Gasteiger charge is -2.40. The van der Waals surface area contributed by atoms with Crippen LogP contribution in [-0.4, -0.2) is 20.2 Å². The lowest BCUT2D eigenvalue weighted by Crippen LogP contribution is -2.47. The summed E-state index contributed by atoms with van der Waals surface area (Å²) in [5, 5.41) is 16.4. The molecule has 0 saturated carbocycles. The van der Waals surface area contributed by atoms with Crippen molar-refractivity contribution in [2.75, 3.05) is 0 Å². The molecule has 0 spiro atoms. The summed E-state index contributed by atoms with van der Waals surface area (Å²) in [6.45, 7) is 4.46. The van der Waals surface area contributed by atoms with E-state index in [4.69, 9.17) is 0 Å². The zero-order valence-corrected chi connectivity index (χ0v) is 18.3. The van der Waals surface area contributed by atoms with Crippen LogP contribution in [0.5, 0.6) is 0 Å². The molecule has 0 saturated heterocycles. The predicted octanol–water partition coefficient (Wildman–Crippen LogP) is 4.88. The Balaban J connectivity index is 1.96. The van der Waals surface area contributed by atoms with E-state index in [1.54, 1.807) is 4.68 Å². The summed E-state index contributed by atoms with van der Waals surface area (Å²) in [6, 6.07) is 31.8. The van der Waals surface area contributed by atoms with Gasteiger partial charge in [-0.05, 0) is 39.5 Å². The first-order valence-electron chi connectivity index (χ1n) is 10.8. The van der Waals surface area contributed by atoms with Crippen LogP contribution in [0.3, 0.4) is 0 Å². The van der Waals surface area contributed by atoms with Crippen LogP contribution < -0.4 is 5.32 Å². The van der Waals surface area contributed by atoms with Crippen molar-refractivity contribution in [3.8, 4) is 0 Å². The predicted molar refractivity (Wildman–Crippen MR) is 123 cm³/mol. The summed E-state index contributed by atoms with van der Waals surface area (Å²) in [6.07, 6.45) is 0.905. The molecular formula is C26H29N5. The maximum atomic E-state index is 4.37. The second kappa shape index (κ2) is 9.23. The third kappa shape index (κ3) is 4.28. The van der Waals surface area contributed by atoms with Crippen LogP contribution in [0.2, 0.25) is 0 Å². The minimum atomic E-state index is -0.560. The molecular weight excluding hydrogens is 382 g/mol. The highest BCUT2D eigenvalue weighted by Crippen LogP contribution is 2.39. The number of aromatic nitrogens is 4. The summed E-state index contributed by atoms with van der Waals surface area (Å²) in [4.78, 5) is 0. The van der Waals surface area contributed by atoms with Crippen molar-refractivity contribution in [2.24, 2.45) is 13.0 Å². The number of nitrogens with zero attached hydrogens (tertiary/aromatic N) is 4. The van der Waals surface area contributed by atoms with E-state index in [9.17, 15) is 0 Å². The minimum absolute atomic E-state index is 0.0411. The Kier molecular flexibility index (Phi) is 6.23. The zero-order valence-electron chi connectivity index (χ0n) is 18.3. The summed E-state index contributed by atoms with van der Waals surface area (Å²) < 4.78 is 1.77. The average Bonchev–Trinajstić information content (AvgIpc) is 3.24. The van der Waals surface area contributed by atoms with Crippen molar-refractivity contribution in [1.29, 1.82) is 0 Å². The van der Waals surface area contributed by atoms with E-state index < -0.39 is 5.54 Å². The van der Waals surface area contributed by atoms with Crippen LogP contribution >= 0.6 is 0 Å². The molecule has 1 atom stereocenters. The molecule has 1 aromatic heterocycles. The molecule has 0 aliphatic heterocycles. The molecule has 5 nitrogen and oxygen atoms in total. The third-order valence-corrected chi connectivity index (χ3v) is 5.68. The molecule has 0 amide bonds. The Labute approximate surface area is 184 Å². The number of nitrogens with one attached hydrogen (secondary N) is 1. The van der Waals surface area contributed by atoms with Crippen molar-refractivity contribution in [2.45, 2.75) is 31.8 Å². The van der Waals surface area contributed by atoms with Crippen LogP contribution in [0.25, 0.3) is 0 Å². The average molecular weight is 412 g/mol. The standard InChI is InChI=1S/C26H29N5/c1-20(2)19-24(25-28-29-30-31(25)3)27-26(21-13-7-4-8-14-21,22-15-9-5-10-16-22)23-17-11-6-12-18-23/h4-18,20,24,27H,19H2,1-3H3/t24-/m0/s1. The molecule has 0 unspecified atom stereocenters. The number of hydrogen-bond acceptors (Lipinski definition) is 4. The van der Waals surface area contributed by atoms with Gasteiger partial charge in [-0.3, -0.25) is 5.32 Å². The van der Waals surface area contributed by atoms with E-state index in [1.165, 1.54) is 16.7 Å². The van der Waals surface area contributed by atoms with Crippen molar-refractivity contribution in [3.63, 3.8) is 0 Å². The number of tetrazole rings is 1. The van der Waals surface area contributed by atoms with Crippen LogP contribution in [-0.2, 0) is 12.6 Å². The molecule has 0 radical (unpaired) electrons. The van der Waals surface area contributed by atoms with E-state index in [0.717, 1.165) is 12.2 Å². The van der Waals surface area contributed by atoms with Gasteiger partial charge in [0.25, 0.3) is 0 Å². The van der Waals surface area contributed by atoms with Crippen molar-refractivity contribution >= 4 is 0 Å². The van der Waals surface area contributed by atoms with Gasteiger partial charge in [-0.15, -0.1) is 5.10 Å². The van der Waals surface area contributed by atoms with Gasteiger partial charge in [0.15, 0.2) is 5.82 Å². The van der Waals surface area contributed by atoms with Gasteiger partial charge < -0.3 is 0 Å². The van der Waals surface area contributed by atoms with Crippen molar-refractivity contribution < 1.29 is 0 Å². The number of aryl methyl sites for hydroxylation is 1. The van der Waals surface area contributed by atoms with E-state index >= 15 is 0 Å². The molecule has 5 heteroatoms. The largest absolute Gasteiger partial charge is 0.290 e. The number of rotatable bonds is 8. The third-order valence-electron chi connectivity index (χ3n) is 5.68. The highest BCUT2D eigenvalue weighted by molar-refractivity contribution is 5.49. The summed E-state index contributed by atoms with van der Waals surface area (Å²) in [5.41, 5.74) is 2.97. The highest BCUT2D eigenvalue weighted by atomic mass is 15.5. The number of hydrogen-bond donors (Lipinski definition) is 1. The van der Waals surface area contributed by atoms with Gasteiger partial charge in [0, 0.05) is 7.05 Å². The van der Waals surface area contributed by atoms with Crippen molar-refractivity contribution in [3.05, 3.63) is 114 Å². The van der Waals surface area contributed by atoms with Crippen LogP contribution in [0.15, 0.2) is 91.0 Å². The molecule has 31 heavy (non-hydrogen) atoms. The lowest BCUT2D eigenvalue weighted by molar-refractivity contribution is 0.331. The Morgan fingerprint density at radius 1 is 0.774 bits per heavy atom. The maximum Gasteiger partial charge on any atom is 0.168 e. The maximum absolute atomic E-state index is 4.37. The fourth-order valence-electron chi connectivity index (χ4n) is 4.31. The molecule has 1 N–H and O–H groups in total. The first-order valence-corrected chi connectivity index (χ1v) is 10.8. The highest BCUT2D eigenvalue weighted by Gasteiger charge is 2.39.